The van der Waals surface area contributed by atoms with Crippen molar-refractivity contribution in [2.45, 2.75) is 44.6 Å². The van der Waals surface area contributed by atoms with Gasteiger partial charge in [-0.05, 0) is 31.7 Å². The second-order valence-electron chi connectivity index (χ2n) is 7.52. The summed E-state index contributed by atoms with van der Waals surface area (Å²) in [6, 6.07) is 8.18. The van der Waals surface area contributed by atoms with Crippen LogP contribution in [-0.4, -0.2) is 58.4 Å². The molecule has 0 saturated carbocycles. The van der Waals surface area contributed by atoms with E-state index >= 15 is 0 Å². The summed E-state index contributed by atoms with van der Waals surface area (Å²) in [6.07, 6.45) is 2.28. The fourth-order valence-electron chi connectivity index (χ4n) is 4.29. The molecule has 2 aliphatic heterocycles. The lowest BCUT2D eigenvalue weighted by Gasteiger charge is -2.45. The summed E-state index contributed by atoms with van der Waals surface area (Å²) in [5, 5.41) is 9.51. The number of likely N-dealkylation sites (tertiary alicyclic amines) is 2. The molecule has 1 spiro atoms. The van der Waals surface area contributed by atoms with Gasteiger partial charge in [-0.2, -0.15) is 0 Å². The van der Waals surface area contributed by atoms with Crippen molar-refractivity contribution in [1.82, 2.24) is 9.80 Å². The molecule has 1 aromatic rings. The molecular weight excluding hydrogens is 332 g/mol. The lowest BCUT2D eigenvalue weighted by Crippen LogP contribution is -2.57. The molecule has 1 aromatic carbocycles. The van der Waals surface area contributed by atoms with E-state index < -0.39 is 17.4 Å². The van der Waals surface area contributed by atoms with Crippen molar-refractivity contribution in [1.29, 1.82) is 0 Å². The fraction of sp³-hybridized carbons (Fsp3) is 0.550. The number of benzene rings is 1. The average Bonchev–Trinajstić information content (AvgIpc) is 2.87. The highest BCUT2D eigenvalue weighted by Gasteiger charge is 2.55. The van der Waals surface area contributed by atoms with Gasteiger partial charge in [-0.15, -0.1) is 0 Å². The molecule has 140 valence electrons. The highest BCUT2D eigenvalue weighted by molar-refractivity contribution is 5.88. The van der Waals surface area contributed by atoms with Gasteiger partial charge in [0.25, 0.3) is 0 Å². The van der Waals surface area contributed by atoms with Crippen LogP contribution in [0.2, 0.25) is 0 Å². The normalized spacial score (nSPS) is 22.1. The van der Waals surface area contributed by atoms with Crippen LogP contribution in [-0.2, 0) is 20.8 Å². The van der Waals surface area contributed by atoms with E-state index in [4.69, 9.17) is 0 Å². The first-order chi connectivity index (χ1) is 12.3. The molecule has 0 unspecified atom stereocenters. The first kappa shape index (κ1) is 18.4. The molecule has 2 amide bonds. The monoisotopic (exact) mass is 358 g/mol. The topological polar surface area (TPSA) is 77.9 Å². The largest absolute Gasteiger partial charge is 0.481 e. The first-order valence-corrected chi connectivity index (χ1v) is 9.16. The van der Waals surface area contributed by atoms with E-state index in [0.29, 0.717) is 38.8 Å². The number of hydrogen-bond donors (Lipinski definition) is 1. The maximum absolute atomic E-state index is 12.5. The van der Waals surface area contributed by atoms with Crippen molar-refractivity contribution in [3.63, 3.8) is 0 Å². The number of aryl methyl sites for hydroxylation is 2. The molecule has 0 radical (unpaired) electrons. The Labute approximate surface area is 153 Å². The number of carboxylic acids is 1. The Morgan fingerprint density at radius 2 is 1.81 bits per heavy atom. The Balaban J connectivity index is 1.59. The Morgan fingerprint density at radius 3 is 2.38 bits per heavy atom. The van der Waals surface area contributed by atoms with E-state index in [1.165, 1.54) is 5.56 Å². The van der Waals surface area contributed by atoms with E-state index in [9.17, 15) is 19.5 Å². The third-order valence-electron chi connectivity index (χ3n) is 6.10. The van der Waals surface area contributed by atoms with Crippen LogP contribution in [0.4, 0.5) is 0 Å². The summed E-state index contributed by atoms with van der Waals surface area (Å²) in [5.74, 6) is -1.61. The number of nitrogens with zero attached hydrogens (tertiary/aromatic N) is 2. The number of rotatable bonds is 4. The van der Waals surface area contributed by atoms with Crippen LogP contribution in [0.1, 0.15) is 36.8 Å². The van der Waals surface area contributed by atoms with E-state index in [0.717, 1.165) is 5.56 Å². The van der Waals surface area contributed by atoms with Gasteiger partial charge in [-0.25, -0.2) is 0 Å². The zero-order valence-corrected chi connectivity index (χ0v) is 15.4. The number of carboxylic acid groups (broad SMARTS) is 1. The Hall–Kier alpha value is -2.37. The van der Waals surface area contributed by atoms with Crippen LogP contribution in [0.5, 0.6) is 0 Å². The van der Waals surface area contributed by atoms with Crippen LogP contribution in [0, 0.1) is 12.8 Å². The number of aliphatic carboxylic acids is 1. The number of carbonyl (C=O) groups excluding carboxylic acids is 2. The van der Waals surface area contributed by atoms with Gasteiger partial charge in [0.2, 0.25) is 11.8 Å². The highest BCUT2D eigenvalue weighted by atomic mass is 16.4. The van der Waals surface area contributed by atoms with E-state index in [-0.39, 0.29) is 18.2 Å². The third-order valence-corrected chi connectivity index (χ3v) is 6.10. The number of carbonyl (C=O) groups is 3. The Bertz CT molecular complexity index is 705. The quantitative estimate of drug-likeness (QED) is 0.891. The fourth-order valence-corrected chi connectivity index (χ4v) is 4.29. The van der Waals surface area contributed by atoms with E-state index in [1.807, 2.05) is 36.1 Å². The van der Waals surface area contributed by atoms with Crippen LogP contribution in [0.25, 0.3) is 0 Å². The van der Waals surface area contributed by atoms with E-state index in [1.54, 1.807) is 11.9 Å². The zero-order chi connectivity index (χ0) is 18.9. The maximum Gasteiger partial charge on any atom is 0.309 e. The van der Waals surface area contributed by atoms with Crippen LogP contribution >= 0.6 is 0 Å². The molecule has 6 heteroatoms. The molecule has 26 heavy (non-hydrogen) atoms. The molecule has 0 bridgehead atoms. The maximum atomic E-state index is 12.5. The molecule has 1 atom stereocenters. The minimum absolute atomic E-state index is 0.0627. The van der Waals surface area contributed by atoms with Crippen molar-refractivity contribution < 1.29 is 19.5 Å². The molecule has 0 aliphatic carbocycles. The lowest BCUT2D eigenvalue weighted by atomic mass is 9.77. The Kier molecular flexibility index (Phi) is 5.03. The summed E-state index contributed by atoms with van der Waals surface area (Å²) in [5.41, 5.74) is 1.70. The van der Waals surface area contributed by atoms with E-state index in [2.05, 4.69) is 0 Å². The van der Waals surface area contributed by atoms with Crippen LogP contribution < -0.4 is 0 Å². The van der Waals surface area contributed by atoms with Gasteiger partial charge in [-0.3, -0.25) is 14.4 Å². The van der Waals surface area contributed by atoms with Crippen molar-refractivity contribution >= 4 is 17.8 Å². The number of piperidine rings is 1. The summed E-state index contributed by atoms with van der Waals surface area (Å²) < 4.78 is 0. The molecule has 0 aromatic heterocycles. The van der Waals surface area contributed by atoms with Crippen molar-refractivity contribution in [3.8, 4) is 0 Å². The molecule has 1 N–H and O–H groups in total. The minimum atomic E-state index is -0.915. The van der Waals surface area contributed by atoms with Gasteiger partial charge >= 0.3 is 5.97 Å². The van der Waals surface area contributed by atoms with Gasteiger partial charge in [-0.1, -0.05) is 29.8 Å². The zero-order valence-electron chi connectivity index (χ0n) is 15.4. The minimum Gasteiger partial charge on any atom is -0.481 e. The predicted molar refractivity (Wildman–Crippen MR) is 96.6 cm³/mol. The van der Waals surface area contributed by atoms with Gasteiger partial charge < -0.3 is 14.9 Å². The summed E-state index contributed by atoms with van der Waals surface area (Å²) in [4.78, 5) is 39.6. The molecule has 6 nitrogen and oxygen atoms in total. The van der Waals surface area contributed by atoms with Crippen molar-refractivity contribution in [3.05, 3.63) is 35.4 Å². The van der Waals surface area contributed by atoms with Gasteiger partial charge in [0.15, 0.2) is 0 Å². The lowest BCUT2D eigenvalue weighted by molar-refractivity contribution is -0.147. The predicted octanol–water partition coefficient (Wildman–Crippen LogP) is 1.85. The smallest absolute Gasteiger partial charge is 0.309 e. The SMILES string of the molecule is Cc1ccc(CCC(=O)N2CCC3(CC2)[C@@H](C(=O)O)CC(=O)N3C)cc1. The van der Waals surface area contributed by atoms with Gasteiger partial charge in [0.1, 0.15) is 0 Å². The molecule has 2 heterocycles. The Morgan fingerprint density at radius 1 is 1.19 bits per heavy atom. The summed E-state index contributed by atoms with van der Waals surface area (Å²) in [7, 11) is 1.69. The summed E-state index contributed by atoms with van der Waals surface area (Å²) >= 11 is 0. The molecular formula is C20H26N2O4. The van der Waals surface area contributed by atoms with Gasteiger partial charge in [0, 0.05) is 33.0 Å². The average molecular weight is 358 g/mol. The van der Waals surface area contributed by atoms with Crippen molar-refractivity contribution in [2.75, 3.05) is 20.1 Å². The number of hydrogen-bond acceptors (Lipinski definition) is 3. The molecule has 3 rings (SSSR count). The third kappa shape index (κ3) is 3.32. The van der Waals surface area contributed by atoms with Crippen LogP contribution in [0.3, 0.4) is 0 Å². The standard InChI is InChI=1S/C20H26N2O4/c1-14-3-5-15(6-4-14)7-8-17(23)22-11-9-20(10-12-22)16(19(25)26)13-18(24)21(20)2/h3-6,16H,7-13H2,1-2H3,(H,25,26)/t16-/m1/s1. The molecule has 2 saturated heterocycles. The first-order valence-electron chi connectivity index (χ1n) is 9.16. The number of amides is 2. The van der Waals surface area contributed by atoms with Crippen LogP contribution in [0.15, 0.2) is 24.3 Å². The molecule has 2 fully saturated rings. The second kappa shape index (κ2) is 7.09. The van der Waals surface area contributed by atoms with Crippen molar-refractivity contribution in [2.24, 2.45) is 5.92 Å². The summed E-state index contributed by atoms with van der Waals surface area (Å²) in [6.45, 7) is 3.05. The van der Waals surface area contributed by atoms with Gasteiger partial charge in [0.05, 0.1) is 11.5 Å². The highest BCUT2D eigenvalue weighted by Crippen LogP contribution is 2.42. The second-order valence-corrected chi connectivity index (χ2v) is 7.52. The molecule has 2 aliphatic rings.